The van der Waals surface area contributed by atoms with Gasteiger partial charge in [0.25, 0.3) is 0 Å². The molecule has 3 N–H and O–H groups in total. The molecule has 1 saturated heterocycles. The number of carbonyl (C=O) groups is 1. The van der Waals surface area contributed by atoms with E-state index < -0.39 is 18.2 Å². The fourth-order valence-corrected chi connectivity index (χ4v) is 1.75. The van der Waals surface area contributed by atoms with E-state index in [2.05, 4.69) is 9.97 Å². The lowest BCUT2D eigenvalue weighted by atomic mass is 10.2. The Bertz CT molecular complexity index is 441. The molecular weight excluding hydrogens is 226 g/mol. The normalized spacial score (nSPS) is 24.1. The molecule has 0 bridgehead atoms. The summed E-state index contributed by atoms with van der Waals surface area (Å²) in [5, 5.41) is 27.6. The first kappa shape index (κ1) is 11.7. The first-order valence-electron chi connectivity index (χ1n) is 5.17. The Hall–Kier alpha value is -1.73. The number of hydrogen-bond acceptors (Lipinski definition) is 6. The monoisotopic (exact) mass is 239 g/mol. The van der Waals surface area contributed by atoms with E-state index in [-0.39, 0.29) is 18.7 Å². The average Bonchev–Trinajstić information content (AvgIpc) is 2.58. The first-order valence-corrected chi connectivity index (χ1v) is 5.17. The largest absolute Gasteiger partial charge is 0.478 e. The molecular formula is C10H13N3O4. The summed E-state index contributed by atoms with van der Waals surface area (Å²) < 4.78 is 0. The summed E-state index contributed by atoms with van der Waals surface area (Å²) in [6.07, 6.45) is -0.409. The van der Waals surface area contributed by atoms with E-state index >= 15 is 0 Å². The summed E-state index contributed by atoms with van der Waals surface area (Å²) in [6.45, 7) is 2.07. The van der Waals surface area contributed by atoms with Crippen molar-refractivity contribution < 1.29 is 20.1 Å². The van der Waals surface area contributed by atoms with E-state index in [0.717, 1.165) is 0 Å². The van der Waals surface area contributed by atoms with Gasteiger partial charge in [-0.15, -0.1) is 0 Å². The number of carboxylic acid groups (broad SMARTS) is 1. The van der Waals surface area contributed by atoms with Gasteiger partial charge in [0.1, 0.15) is 0 Å². The Morgan fingerprint density at radius 3 is 2.47 bits per heavy atom. The number of aromatic carboxylic acids is 1. The maximum Gasteiger partial charge on any atom is 0.339 e. The molecule has 2 atom stereocenters. The van der Waals surface area contributed by atoms with Crippen molar-refractivity contribution in [1.82, 2.24) is 9.97 Å². The summed E-state index contributed by atoms with van der Waals surface area (Å²) in [7, 11) is 0. The van der Waals surface area contributed by atoms with Crippen molar-refractivity contribution in [1.29, 1.82) is 0 Å². The van der Waals surface area contributed by atoms with Crippen molar-refractivity contribution >= 4 is 11.9 Å². The van der Waals surface area contributed by atoms with E-state index in [9.17, 15) is 15.0 Å². The van der Waals surface area contributed by atoms with Gasteiger partial charge in [0, 0.05) is 19.3 Å². The number of aliphatic hydroxyl groups is 2. The average molecular weight is 239 g/mol. The lowest BCUT2D eigenvalue weighted by Gasteiger charge is -2.15. The number of aliphatic hydroxyl groups excluding tert-OH is 2. The highest BCUT2D eigenvalue weighted by molar-refractivity contribution is 5.88. The van der Waals surface area contributed by atoms with Gasteiger partial charge in [-0.1, -0.05) is 0 Å². The molecule has 2 rings (SSSR count). The zero-order valence-corrected chi connectivity index (χ0v) is 9.24. The van der Waals surface area contributed by atoms with Crippen LogP contribution in [0.25, 0.3) is 0 Å². The van der Waals surface area contributed by atoms with Gasteiger partial charge in [0.05, 0.1) is 23.5 Å². The second-order valence-electron chi connectivity index (χ2n) is 4.01. The molecule has 1 aromatic rings. The molecule has 0 aromatic carbocycles. The molecule has 0 amide bonds. The molecule has 7 heteroatoms. The molecule has 1 fully saturated rings. The number of hydrogen-bond donors (Lipinski definition) is 3. The van der Waals surface area contributed by atoms with Crippen LogP contribution in [0, 0.1) is 6.92 Å². The lowest BCUT2D eigenvalue weighted by molar-refractivity contribution is 0.0572. The second-order valence-corrected chi connectivity index (χ2v) is 4.01. The zero-order chi connectivity index (χ0) is 12.6. The number of rotatable bonds is 2. The topological polar surface area (TPSA) is 107 Å². The Kier molecular flexibility index (Phi) is 2.95. The molecule has 0 radical (unpaired) electrons. The first-order chi connectivity index (χ1) is 7.99. The van der Waals surface area contributed by atoms with E-state index in [4.69, 9.17) is 5.11 Å². The minimum atomic E-state index is -1.07. The van der Waals surface area contributed by atoms with Crippen LogP contribution in [0.1, 0.15) is 16.1 Å². The number of nitrogens with zero attached hydrogens (tertiary/aromatic N) is 3. The van der Waals surface area contributed by atoms with E-state index in [1.54, 1.807) is 11.8 Å². The van der Waals surface area contributed by atoms with Crippen molar-refractivity contribution in [2.24, 2.45) is 0 Å². The number of carboxylic acids is 1. The Balaban J connectivity index is 2.24. The highest BCUT2D eigenvalue weighted by atomic mass is 16.4. The number of aryl methyl sites for hydroxylation is 1. The quantitative estimate of drug-likeness (QED) is 0.609. The Morgan fingerprint density at radius 2 is 2.00 bits per heavy atom. The van der Waals surface area contributed by atoms with Crippen LogP contribution in [-0.4, -0.2) is 56.6 Å². The third kappa shape index (κ3) is 2.20. The molecule has 17 heavy (non-hydrogen) atoms. The van der Waals surface area contributed by atoms with E-state index in [1.807, 2.05) is 0 Å². The number of β-amino-alcohol motifs (C(OH)–C–C–N with tert-alkyl or cyclic N) is 2. The number of aromatic nitrogens is 2. The van der Waals surface area contributed by atoms with Gasteiger partial charge < -0.3 is 20.2 Å². The van der Waals surface area contributed by atoms with Gasteiger partial charge in [0.2, 0.25) is 5.95 Å². The molecule has 0 spiro atoms. The zero-order valence-electron chi connectivity index (χ0n) is 9.24. The van der Waals surface area contributed by atoms with Crippen molar-refractivity contribution in [2.45, 2.75) is 19.1 Å². The van der Waals surface area contributed by atoms with Gasteiger partial charge in [-0.25, -0.2) is 14.8 Å². The van der Waals surface area contributed by atoms with Crippen LogP contribution in [0.4, 0.5) is 5.95 Å². The summed E-state index contributed by atoms with van der Waals surface area (Å²) in [6, 6.07) is 0. The van der Waals surface area contributed by atoms with Crippen LogP contribution >= 0.6 is 0 Å². The van der Waals surface area contributed by atoms with Gasteiger partial charge in [-0.05, 0) is 6.92 Å². The van der Waals surface area contributed by atoms with Crippen molar-refractivity contribution in [3.05, 3.63) is 17.5 Å². The third-order valence-corrected chi connectivity index (χ3v) is 2.74. The van der Waals surface area contributed by atoms with Crippen LogP contribution < -0.4 is 4.90 Å². The van der Waals surface area contributed by atoms with Gasteiger partial charge in [-0.3, -0.25) is 0 Å². The maximum atomic E-state index is 10.8. The summed E-state index contributed by atoms with van der Waals surface area (Å²) in [4.78, 5) is 20.4. The van der Waals surface area contributed by atoms with Gasteiger partial charge in [0.15, 0.2) is 0 Å². The van der Waals surface area contributed by atoms with Crippen LogP contribution in [0.3, 0.4) is 0 Å². The van der Waals surface area contributed by atoms with Crippen molar-refractivity contribution in [2.75, 3.05) is 18.0 Å². The molecule has 0 saturated carbocycles. The highest BCUT2D eigenvalue weighted by Gasteiger charge is 2.31. The van der Waals surface area contributed by atoms with Crippen LogP contribution in [0.2, 0.25) is 0 Å². The van der Waals surface area contributed by atoms with Crippen molar-refractivity contribution in [3.8, 4) is 0 Å². The predicted molar refractivity (Wildman–Crippen MR) is 58.0 cm³/mol. The van der Waals surface area contributed by atoms with Gasteiger partial charge in [-0.2, -0.15) is 0 Å². The van der Waals surface area contributed by atoms with Crippen LogP contribution in [0.5, 0.6) is 0 Å². The summed E-state index contributed by atoms with van der Waals surface area (Å²) in [5.41, 5.74) is 0.410. The second kappa shape index (κ2) is 4.27. The third-order valence-electron chi connectivity index (χ3n) is 2.74. The highest BCUT2D eigenvalue weighted by Crippen LogP contribution is 2.17. The lowest BCUT2D eigenvalue weighted by Crippen LogP contribution is -2.24. The van der Waals surface area contributed by atoms with E-state index in [1.165, 1.54) is 6.20 Å². The van der Waals surface area contributed by atoms with Crippen molar-refractivity contribution in [3.63, 3.8) is 0 Å². The van der Waals surface area contributed by atoms with Crippen LogP contribution in [-0.2, 0) is 0 Å². The molecule has 2 heterocycles. The van der Waals surface area contributed by atoms with Gasteiger partial charge >= 0.3 is 5.97 Å². The summed E-state index contributed by atoms with van der Waals surface area (Å²) >= 11 is 0. The van der Waals surface area contributed by atoms with E-state index in [0.29, 0.717) is 11.6 Å². The SMILES string of the molecule is Cc1nc(N2CC(O)C(O)C2)ncc1C(=O)O. The molecule has 1 aliphatic heterocycles. The number of anilines is 1. The standard InChI is InChI=1S/C10H13N3O4/c1-5-6(9(16)17)2-11-10(12-5)13-3-7(14)8(15)4-13/h2,7-8,14-15H,3-4H2,1H3,(H,16,17). The predicted octanol–water partition coefficient (Wildman–Crippen LogP) is -0.975. The van der Waals surface area contributed by atoms with Crippen LogP contribution in [0.15, 0.2) is 6.20 Å². The smallest absolute Gasteiger partial charge is 0.339 e. The molecule has 1 aromatic heterocycles. The molecule has 92 valence electrons. The molecule has 0 aliphatic carbocycles. The summed E-state index contributed by atoms with van der Waals surface area (Å²) in [5.74, 6) is -0.751. The minimum Gasteiger partial charge on any atom is -0.478 e. The Labute approximate surface area is 97.4 Å². The Morgan fingerprint density at radius 1 is 1.41 bits per heavy atom. The fourth-order valence-electron chi connectivity index (χ4n) is 1.75. The minimum absolute atomic E-state index is 0.0500. The fraction of sp³-hybridized carbons (Fsp3) is 0.500. The molecule has 1 aliphatic rings. The molecule has 7 nitrogen and oxygen atoms in total. The maximum absolute atomic E-state index is 10.8. The molecule has 2 unspecified atom stereocenters.